The molecule has 0 bridgehead atoms. The Hall–Kier alpha value is 0.0600. The summed E-state index contributed by atoms with van der Waals surface area (Å²) in [5.74, 6) is 0.363. The normalized spacial score (nSPS) is 8.29. The Balaban J connectivity index is 3.58. The molecule has 0 nitrogen and oxygen atoms in total. The molecule has 0 aromatic carbocycles. The molecule has 0 aliphatic heterocycles. The number of hydrogen-bond acceptors (Lipinski definition) is 0. The SMILES string of the molecule is C=C(Cl)C(=C)CCl. The second-order valence-corrected chi connectivity index (χ2v) is 1.87. The number of hydrogen-bond donors (Lipinski definition) is 0. The summed E-state index contributed by atoms with van der Waals surface area (Å²) in [6.07, 6.45) is 0. The summed E-state index contributed by atoms with van der Waals surface area (Å²) in [5.41, 5.74) is 0.684. The lowest BCUT2D eigenvalue weighted by Gasteiger charge is -1.91. The van der Waals surface area contributed by atoms with Gasteiger partial charge in [0.2, 0.25) is 0 Å². The molecule has 40 valence electrons. The van der Waals surface area contributed by atoms with Crippen LogP contribution in [-0.2, 0) is 0 Å². The van der Waals surface area contributed by atoms with Gasteiger partial charge in [-0.2, -0.15) is 0 Å². The van der Waals surface area contributed by atoms with Crippen molar-refractivity contribution in [2.24, 2.45) is 0 Å². The first-order valence-corrected chi connectivity index (χ1v) is 2.68. The quantitative estimate of drug-likeness (QED) is 0.405. The summed E-state index contributed by atoms with van der Waals surface area (Å²) in [6.45, 7) is 6.92. The Morgan fingerprint density at radius 3 is 1.86 bits per heavy atom. The van der Waals surface area contributed by atoms with E-state index in [1.165, 1.54) is 0 Å². The van der Waals surface area contributed by atoms with Gasteiger partial charge in [-0.15, -0.1) is 11.6 Å². The summed E-state index contributed by atoms with van der Waals surface area (Å²) < 4.78 is 0. The first-order chi connectivity index (χ1) is 3.18. The molecular weight excluding hydrogens is 131 g/mol. The second kappa shape index (κ2) is 3.11. The Morgan fingerprint density at radius 1 is 1.43 bits per heavy atom. The Labute approximate surface area is 53.4 Å². The van der Waals surface area contributed by atoms with Gasteiger partial charge in [-0.25, -0.2) is 0 Å². The van der Waals surface area contributed by atoms with Gasteiger partial charge in [-0.3, -0.25) is 0 Å². The monoisotopic (exact) mass is 136 g/mol. The number of alkyl halides is 1. The highest BCUT2D eigenvalue weighted by atomic mass is 35.5. The van der Waals surface area contributed by atoms with E-state index in [0.29, 0.717) is 16.5 Å². The third-order valence-corrected chi connectivity index (χ3v) is 1.13. The molecule has 0 N–H and O–H groups in total. The standard InChI is InChI=1S/C5H6Cl2/c1-4(3-6)5(2)7/h1-3H2. The lowest BCUT2D eigenvalue weighted by atomic mass is 10.3. The van der Waals surface area contributed by atoms with E-state index in [4.69, 9.17) is 23.2 Å². The van der Waals surface area contributed by atoms with E-state index < -0.39 is 0 Å². The van der Waals surface area contributed by atoms with Crippen LogP contribution in [0.4, 0.5) is 0 Å². The van der Waals surface area contributed by atoms with Crippen LogP contribution in [0.1, 0.15) is 0 Å². The Morgan fingerprint density at radius 2 is 1.86 bits per heavy atom. The smallest absolute Gasteiger partial charge is 0.0482 e. The van der Waals surface area contributed by atoms with Gasteiger partial charge in [0.05, 0.1) is 0 Å². The van der Waals surface area contributed by atoms with E-state index in [1.807, 2.05) is 0 Å². The summed E-state index contributed by atoms with van der Waals surface area (Å²) in [5, 5.41) is 0.440. The number of allylic oxidation sites excluding steroid dienone is 2. The van der Waals surface area contributed by atoms with E-state index in [0.717, 1.165) is 0 Å². The third kappa shape index (κ3) is 2.72. The molecule has 0 aromatic heterocycles. The van der Waals surface area contributed by atoms with Crippen molar-refractivity contribution in [3.63, 3.8) is 0 Å². The molecule has 7 heavy (non-hydrogen) atoms. The molecule has 0 aliphatic rings. The fraction of sp³-hybridized carbons (Fsp3) is 0.200. The topological polar surface area (TPSA) is 0 Å². The largest absolute Gasteiger partial charge is 0.122 e. The maximum atomic E-state index is 5.35. The highest BCUT2D eigenvalue weighted by Gasteiger charge is 1.89. The summed E-state index contributed by atoms with van der Waals surface area (Å²) in [4.78, 5) is 0. The predicted octanol–water partition coefficient (Wildman–Crippen LogP) is 2.53. The number of halogens is 2. The molecule has 0 saturated heterocycles. The van der Waals surface area contributed by atoms with Crippen molar-refractivity contribution < 1.29 is 0 Å². The highest BCUT2D eigenvalue weighted by molar-refractivity contribution is 6.33. The van der Waals surface area contributed by atoms with Gasteiger partial charge in [-0.1, -0.05) is 24.8 Å². The molecule has 0 radical (unpaired) electrons. The van der Waals surface area contributed by atoms with Crippen molar-refractivity contribution in [1.29, 1.82) is 0 Å². The molecule has 0 heterocycles. The molecule has 0 atom stereocenters. The van der Waals surface area contributed by atoms with Crippen LogP contribution in [0, 0.1) is 0 Å². The van der Waals surface area contributed by atoms with E-state index >= 15 is 0 Å². The summed E-state index contributed by atoms with van der Waals surface area (Å²) in [7, 11) is 0. The van der Waals surface area contributed by atoms with Crippen LogP contribution >= 0.6 is 23.2 Å². The fourth-order valence-corrected chi connectivity index (χ4v) is 0.369. The van der Waals surface area contributed by atoms with Gasteiger partial charge >= 0.3 is 0 Å². The maximum absolute atomic E-state index is 5.35. The highest BCUT2D eigenvalue weighted by Crippen LogP contribution is 2.09. The molecule has 0 saturated carbocycles. The predicted molar refractivity (Wildman–Crippen MR) is 34.9 cm³/mol. The van der Waals surface area contributed by atoms with Crippen molar-refractivity contribution in [3.05, 3.63) is 23.8 Å². The van der Waals surface area contributed by atoms with Crippen molar-refractivity contribution in [2.45, 2.75) is 0 Å². The maximum Gasteiger partial charge on any atom is 0.0482 e. The molecule has 0 aromatic rings. The zero-order valence-corrected chi connectivity index (χ0v) is 5.39. The molecule has 0 unspecified atom stereocenters. The van der Waals surface area contributed by atoms with Crippen LogP contribution < -0.4 is 0 Å². The van der Waals surface area contributed by atoms with Crippen LogP contribution in [0.3, 0.4) is 0 Å². The lowest BCUT2D eigenvalue weighted by molar-refractivity contribution is 1.55. The Bertz CT molecular complexity index is 94.3. The van der Waals surface area contributed by atoms with E-state index in [2.05, 4.69) is 13.2 Å². The molecular formula is C5H6Cl2. The minimum absolute atomic E-state index is 0.363. The summed E-state index contributed by atoms with van der Waals surface area (Å²) in [6, 6.07) is 0. The fourth-order valence-electron chi connectivity index (χ4n) is 0.0725. The van der Waals surface area contributed by atoms with Crippen molar-refractivity contribution in [1.82, 2.24) is 0 Å². The summed E-state index contributed by atoms with van der Waals surface area (Å²) >= 11 is 10.7. The van der Waals surface area contributed by atoms with Gasteiger partial charge in [0.25, 0.3) is 0 Å². The molecule has 0 rings (SSSR count). The van der Waals surface area contributed by atoms with Crippen LogP contribution in [0.25, 0.3) is 0 Å². The molecule has 0 spiro atoms. The minimum atomic E-state index is 0.363. The lowest BCUT2D eigenvalue weighted by Crippen LogP contribution is -1.77. The average molecular weight is 137 g/mol. The van der Waals surface area contributed by atoms with Crippen LogP contribution in [-0.4, -0.2) is 5.88 Å². The second-order valence-electron chi connectivity index (χ2n) is 1.14. The molecule has 0 aliphatic carbocycles. The zero-order chi connectivity index (χ0) is 5.86. The average Bonchev–Trinajstić information content (AvgIpc) is 1.65. The van der Waals surface area contributed by atoms with Crippen molar-refractivity contribution in [2.75, 3.05) is 5.88 Å². The molecule has 2 heteroatoms. The third-order valence-electron chi connectivity index (χ3n) is 0.545. The zero-order valence-electron chi connectivity index (χ0n) is 3.88. The van der Waals surface area contributed by atoms with E-state index in [9.17, 15) is 0 Å². The van der Waals surface area contributed by atoms with Gasteiger partial charge in [0, 0.05) is 10.9 Å². The van der Waals surface area contributed by atoms with Crippen LogP contribution in [0.2, 0.25) is 0 Å². The van der Waals surface area contributed by atoms with Crippen LogP contribution in [0.5, 0.6) is 0 Å². The first-order valence-electron chi connectivity index (χ1n) is 1.77. The van der Waals surface area contributed by atoms with Gasteiger partial charge in [0.1, 0.15) is 0 Å². The van der Waals surface area contributed by atoms with Gasteiger partial charge in [-0.05, 0) is 5.57 Å². The minimum Gasteiger partial charge on any atom is -0.122 e. The van der Waals surface area contributed by atoms with E-state index in [-0.39, 0.29) is 0 Å². The van der Waals surface area contributed by atoms with E-state index in [1.54, 1.807) is 0 Å². The van der Waals surface area contributed by atoms with Gasteiger partial charge in [0.15, 0.2) is 0 Å². The van der Waals surface area contributed by atoms with Crippen LogP contribution in [0.15, 0.2) is 23.8 Å². The first kappa shape index (κ1) is 7.06. The molecule has 0 fully saturated rings. The van der Waals surface area contributed by atoms with Gasteiger partial charge < -0.3 is 0 Å². The van der Waals surface area contributed by atoms with Crippen molar-refractivity contribution >= 4 is 23.2 Å². The Kier molecular flexibility index (Phi) is 3.14. The molecule has 0 amide bonds. The number of rotatable bonds is 2. The van der Waals surface area contributed by atoms with Crippen molar-refractivity contribution in [3.8, 4) is 0 Å².